The summed E-state index contributed by atoms with van der Waals surface area (Å²) >= 11 is 0. The molecule has 1 aromatic rings. The largest absolute Gasteiger partial charge is 0.358 e. The monoisotopic (exact) mass is 231 g/mol. The van der Waals surface area contributed by atoms with Gasteiger partial charge in [0, 0.05) is 16.6 Å². The Morgan fingerprint density at radius 1 is 1.73 bits per heavy atom. The lowest BCUT2D eigenvalue weighted by Crippen LogP contribution is -2.20. The summed E-state index contributed by atoms with van der Waals surface area (Å²) in [6.45, 7) is 4.00. The van der Waals surface area contributed by atoms with Crippen LogP contribution in [0.15, 0.2) is 12.5 Å². The molecule has 0 saturated carbocycles. The molecule has 1 heterocycles. The van der Waals surface area contributed by atoms with E-state index >= 15 is 0 Å². The van der Waals surface area contributed by atoms with Gasteiger partial charge in [0.2, 0.25) is 0 Å². The Labute approximate surface area is 89.9 Å². The van der Waals surface area contributed by atoms with E-state index in [-0.39, 0.29) is 11.1 Å². The van der Waals surface area contributed by atoms with Gasteiger partial charge in [0.25, 0.3) is 0 Å². The van der Waals surface area contributed by atoms with Crippen molar-refractivity contribution < 1.29 is 9.13 Å². The van der Waals surface area contributed by atoms with Crippen LogP contribution in [-0.2, 0) is 17.3 Å². The Balaban J connectivity index is 2.76. The summed E-state index contributed by atoms with van der Waals surface area (Å²) in [5.41, 5.74) is 0. The number of hydrogen-bond donors (Lipinski definition) is 0. The van der Waals surface area contributed by atoms with Crippen LogP contribution in [-0.4, -0.2) is 29.7 Å². The van der Waals surface area contributed by atoms with Crippen LogP contribution in [0.4, 0.5) is 5.82 Å². The predicted molar refractivity (Wildman–Crippen MR) is 57.0 cm³/mol. The zero-order chi connectivity index (χ0) is 11.4. The highest BCUT2D eigenvalue weighted by Gasteiger charge is 2.18. The van der Waals surface area contributed by atoms with Gasteiger partial charge in [0.05, 0.1) is 5.25 Å². The van der Waals surface area contributed by atoms with Gasteiger partial charge in [-0.1, -0.05) is 6.92 Å². The first-order valence-electron chi connectivity index (χ1n) is 4.58. The van der Waals surface area contributed by atoms with Gasteiger partial charge in [-0.2, -0.15) is 0 Å². The van der Waals surface area contributed by atoms with Crippen LogP contribution in [0.1, 0.15) is 13.8 Å². The fourth-order valence-electron chi connectivity index (χ4n) is 1.25. The van der Waals surface area contributed by atoms with Crippen molar-refractivity contribution in [3.63, 3.8) is 0 Å². The minimum atomic E-state index is -0.949. The molecule has 0 amide bonds. The third kappa shape index (κ3) is 2.85. The molecule has 0 bridgehead atoms. The van der Waals surface area contributed by atoms with Gasteiger partial charge in [0.15, 0.2) is 6.33 Å². The Hall–Kier alpha value is -1.24. The second-order valence-electron chi connectivity index (χ2n) is 3.14. The SMILES string of the molecule is CCS(=O)C(C)Cn1cncc1[N+](=O)[O-]. The van der Waals surface area contributed by atoms with Gasteiger partial charge in [-0.3, -0.25) is 4.21 Å². The summed E-state index contributed by atoms with van der Waals surface area (Å²) in [6.07, 6.45) is 2.59. The molecular weight excluding hydrogens is 218 g/mol. The van der Waals surface area contributed by atoms with Crippen LogP contribution in [0.25, 0.3) is 0 Å². The maximum Gasteiger partial charge on any atom is 0.342 e. The van der Waals surface area contributed by atoms with E-state index < -0.39 is 15.7 Å². The average Bonchev–Trinajstić information content (AvgIpc) is 2.64. The summed E-state index contributed by atoms with van der Waals surface area (Å²) in [5, 5.41) is 10.5. The number of aromatic nitrogens is 2. The van der Waals surface area contributed by atoms with Gasteiger partial charge in [-0.15, -0.1) is 0 Å². The minimum Gasteiger partial charge on any atom is -0.358 e. The maximum absolute atomic E-state index is 11.4. The van der Waals surface area contributed by atoms with E-state index in [1.165, 1.54) is 17.1 Å². The van der Waals surface area contributed by atoms with Crippen LogP contribution in [0.2, 0.25) is 0 Å². The summed E-state index contributed by atoms with van der Waals surface area (Å²) in [5.74, 6) is 0.499. The first-order chi connectivity index (χ1) is 7.06. The Morgan fingerprint density at radius 3 is 2.93 bits per heavy atom. The number of nitro groups is 1. The second kappa shape index (κ2) is 5.01. The highest BCUT2D eigenvalue weighted by Crippen LogP contribution is 2.11. The first-order valence-corrected chi connectivity index (χ1v) is 5.96. The van der Waals surface area contributed by atoms with Gasteiger partial charge < -0.3 is 10.1 Å². The van der Waals surface area contributed by atoms with Crippen LogP contribution in [0.5, 0.6) is 0 Å². The number of nitrogens with zero attached hydrogens (tertiary/aromatic N) is 3. The summed E-state index contributed by atoms with van der Waals surface area (Å²) in [6, 6.07) is 0. The Kier molecular flexibility index (Phi) is 3.96. The van der Waals surface area contributed by atoms with Crippen molar-refractivity contribution in [3.05, 3.63) is 22.6 Å². The molecule has 2 unspecified atom stereocenters. The molecule has 0 spiro atoms. The van der Waals surface area contributed by atoms with Crippen LogP contribution in [0, 0.1) is 10.1 Å². The van der Waals surface area contributed by atoms with Crippen molar-refractivity contribution in [2.45, 2.75) is 25.6 Å². The van der Waals surface area contributed by atoms with Gasteiger partial charge in [-0.25, -0.2) is 9.55 Å². The molecule has 2 atom stereocenters. The molecule has 0 radical (unpaired) electrons. The first kappa shape index (κ1) is 11.8. The van der Waals surface area contributed by atoms with E-state index in [2.05, 4.69) is 4.98 Å². The lowest BCUT2D eigenvalue weighted by molar-refractivity contribution is -0.392. The van der Waals surface area contributed by atoms with Crippen molar-refractivity contribution in [2.24, 2.45) is 0 Å². The molecule has 1 aromatic heterocycles. The van der Waals surface area contributed by atoms with E-state index in [4.69, 9.17) is 0 Å². The summed E-state index contributed by atoms with van der Waals surface area (Å²) < 4.78 is 12.8. The Morgan fingerprint density at radius 2 is 2.40 bits per heavy atom. The lowest BCUT2D eigenvalue weighted by atomic mass is 10.4. The molecule has 84 valence electrons. The third-order valence-corrected chi connectivity index (χ3v) is 3.68. The quantitative estimate of drug-likeness (QED) is 0.558. The molecule has 6 nitrogen and oxygen atoms in total. The van der Waals surface area contributed by atoms with E-state index in [1.54, 1.807) is 0 Å². The fourth-order valence-corrected chi connectivity index (χ4v) is 2.15. The van der Waals surface area contributed by atoms with Gasteiger partial charge >= 0.3 is 5.82 Å². The highest BCUT2D eigenvalue weighted by atomic mass is 32.2. The molecule has 15 heavy (non-hydrogen) atoms. The number of hydrogen-bond acceptors (Lipinski definition) is 4. The molecule has 1 rings (SSSR count). The second-order valence-corrected chi connectivity index (χ2v) is 5.28. The van der Waals surface area contributed by atoms with Crippen molar-refractivity contribution in [1.82, 2.24) is 9.55 Å². The standard InChI is InChI=1S/C8H13N3O3S/c1-3-15(14)7(2)5-10-6-9-4-8(10)11(12)13/h4,6-7H,3,5H2,1-2H3. The molecule has 0 aromatic carbocycles. The van der Waals surface area contributed by atoms with Crippen molar-refractivity contribution in [2.75, 3.05) is 5.75 Å². The lowest BCUT2D eigenvalue weighted by Gasteiger charge is -2.07. The zero-order valence-corrected chi connectivity index (χ0v) is 9.44. The van der Waals surface area contributed by atoms with Crippen LogP contribution >= 0.6 is 0 Å². The Bertz CT molecular complexity index is 377. The van der Waals surface area contributed by atoms with Gasteiger partial charge in [-0.05, 0) is 11.8 Å². The molecule has 0 saturated heterocycles. The summed E-state index contributed by atoms with van der Waals surface area (Å²) in [4.78, 5) is 13.8. The molecular formula is C8H13N3O3S. The molecule has 7 heteroatoms. The van der Waals surface area contributed by atoms with Crippen molar-refractivity contribution in [1.29, 1.82) is 0 Å². The van der Waals surface area contributed by atoms with Gasteiger partial charge in [0.1, 0.15) is 12.7 Å². The number of rotatable bonds is 5. The molecule has 0 N–H and O–H groups in total. The van der Waals surface area contributed by atoms with Crippen LogP contribution in [0.3, 0.4) is 0 Å². The van der Waals surface area contributed by atoms with E-state index in [0.29, 0.717) is 12.3 Å². The third-order valence-electron chi connectivity index (χ3n) is 2.06. The smallest absolute Gasteiger partial charge is 0.342 e. The normalized spacial score (nSPS) is 14.8. The number of imidazole rings is 1. The average molecular weight is 231 g/mol. The molecule has 0 aliphatic rings. The van der Waals surface area contributed by atoms with Crippen molar-refractivity contribution in [3.8, 4) is 0 Å². The molecule has 0 fully saturated rings. The molecule has 0 aliphatic carbocycles. The van der Waals surface area contributed by atoms with E-state index in [1.807, 2.05) is 13.8 Å². The fraction of sp³-hybridized carbons (Fsp3) is 0.625. The van der Waals surface area contributed by atoms with E-state index in [9.17, 15) is 14.3 Å². The summed E-state index contributed by atoms with van der Waals surface area (Å²) in [7, 11) is -0.949. The van der Waals surface area contributed by atoms with E-state index in [0.717, 1.165) is 0 Å². The van der Waals surface area contributed by atoms with Crippen LogP contribution < -0.4 is 0 Å². The maximum atomic E-state index is 11.4. The zero-order valence-electron chi connectivity index (χ0n) is 8.62. The predicted octanol–water partition coefficient (Wildman–Crippen LogP) is 0.948. The van der Waals surface area contributed by atoms with Crippen molar-refractivity contribution >= 4 is 16.6 Å². The minimum absolute atomic E-state index is 0.0602. The molecule has 0 aliphatic heterocycles. The highest BCUT2D eigenvalue weighted by molar-refractivity contribution is 7.85. The topological polar surface area (TPSA) is 78.0 Å².